The van der Waals surface area contributed by atoms with Gasteiger partial charge in [0.1, 0.15) is 11.9 Å². The van der Waals surface area contributed by atoms with Gasteiger partial charge in [0.25, 0.3) is 0 Å². The third-order valence-electron chi connectivity index (χ3n) is 3.79. The minimum Gasteiger partial charge on any atom is -0.480 e. The molecule has 1 heterocycles. The van der Waals surface area contributed by atoms with Crippen LogP contribution < -0.4 is 5.32 Å². The summed E-state index contributed by atoms with van der Waals surface area (Å²) in [5.41, 5.74) is 2.01. The van der Waals surface area contributed by atoms with E-state index < -0.39 is 12.0 Å². The van der Waals surface area contributed by atoms with Gasteiger partial charge in [0.15, 0.2) is 0 Å². The lowest BCUT2D eigenvalue weighted by Crippen LogP contribution is -2.35. The number of anilines is 1. The predicted molar refractivity (Wildman–Crippen MR) is 84.4 cm³/mol. The first-order valence-corrected chi connectivity index (χ1v) is 7.45. The fourth-order valence-corrected chi connectivity index (χ4v) is 3.47. The Bertz CT molecular complexity index is 751. The molecule has 3 rings (SSSR count). The van der Waals surface area contributed by atoms with Crippen LogP contribution in [0, 0.1) is 5.82 Å². The number of nitrogens with one attached hydrogen (secondary N) is 1. The first kappa shape index (κ1) is 15.1. The van der Waals surface area contributed by atoms with E-state index in [0.29, 0.717) is 21.3 Å². The van der Waals surface area contributed by atoms with E-state index in [1.165, 1.54) is 12.1 Å². The van der Waals surface area contributed by atoms with Crippen LogP contribution in [0.4, 0.5) is 10.1 Å². The van der Waals surface area contributed by atoms with Crippen molar-refractivity contribution in [2.75, 3.05) is 5.32 Å². The topological polar surface area (TPSA) is 49.3 Å². The monoisotopic (exact) mass is 339 g/mol. The summed E-state index contributed by atoms with van der Waals surface area (Å²) in [7, 11) is 0. The van der Waals surface area contributed by atoms with E-state index in [0.717, 1.165) is 5.56 Å². The molecule has 0 spiro atoms. The summed E-state index contributed by atoms with van der Waals surface area (Å²) < 4.78 is 13.5. The van der Waals surface area contributed by atoms with Crippen LogP contribution in [-0.4, -0.2) is 17.1 Å². The molecular formula is C16H12Cl2FNO2. The first-order valence-electron chi connectivity index (χ1n) is 6.69. The molecule has 2 aromatic rings. The van der Waals surface area contributed by atoms with E-state index in [1.807, 2.05) is 0 Å². The zero-order chi connectivity index (χ0) is 15.9. The highest BCUT2D eigenvalue weighted by atomic mass is 35.5. The van der Waals surface area contributed by atoms with Crippen LogP contribution in [0.3, 0.4) is 0 Å². The molecule has 0 radical (unpaired) electrons. The Morgan fingerprint density at radius 3 is 2.73 bits per heavy atom. The number of rotatable bonds is 2. The van der Waals surface area contributed by atoms with Crippen LogP contribution in [-0.2, 0) is 4.79 Å². The average molecular weight is 340 g/mol. The second-order valence-corrected chi connectivity index (χ2v) is 6.07. The number of benzene rings is 2. The van der Waals surface area contributed by atoms with Crippen LogP contribution in [0.5, 0.6) is 0 Å². The van der Waals surface area contributed by atoms with Crippen molar-refractivity contribution in [2.24, 2.45) is 0 Å². The normalized spacial score (nSPS) is 20.1. The standard InChI is InChI=1S/C16H12Cl2FNO2/c17-9-5-12(18)15-11(8-2-1-3-10(19)4-8)7-14(16(21)22)20-13(15)6-9/h1-6,11,14,20H,7H2,(H,21,22). The van der Waals surface area contributed by atoms with Crippen LogP contribution in [0.1, 0.15) is 23.5 Å². The Labute approximate surface area is 136 Å². The molecule has 6 heteroatoms. The average Bonchev–Trinajstić information content (AvgIpc) is 2.45. The highest BCUT2D eigenvalue weighted by molar-refractivity contribution is 6.35. The van der Waals surface area contributed by atoms with E-state index in [4.69, 9.17) is 23.2 Å². The zero-order valence-electron chi connectivity index (χ0n) is 11.3. The van der Waals surface area contributed by atoms with Crippen LogP contribution in [0.25, 0.3) is 0 Å². The van der Waals surface area contributed by atoms with Crippen molar-refractivity contribution in [1.29, 1.82) is 0 Å². The maximum Gasteiger partial charge on any atom is 0.326 e. The van der Waals surface area contributed by atoms with Gasteiger partial charge in [-0.15, -0.1) is 0 Å². The van der Waals surface area contributed by atoms with E-state index in [1.54, 1.807) is 24.3 Å². The molecule has 0 amide bonds. The Hall–Kier alpha value is -1.78. The summed E-state index contributed by atoms with van der Waals surface area (Å²) in [5.74, 6) is -1.64. The Balaban J connectivity index is 2.15. The second kappa shape index (κ2) is 5.78. The van der Waals surface area contributed by atoms with E-state index in [9.17, 15) is 14.3 Å². The van der Waals surface area contributed by atoms with Gasteiger partial charge >= 0.3 is 5.97 Å². The Morgan fingerprint density at radius 1 is 1.27 bits per heavy atom. The van der Waals surface area contributed by atoms with E-state index in [-0.39, 0.29) is 18.2 Å². The molecule has 114 valence electrons. The molecule has 1 aliphatic heterocycles. The third kappa shape index (κ3) is 2.76. The zero-order valence-corrected chi connectivity index (χ0v) is 12.8. The van der Waals surface area contributed by atoms with Gasteiger partial charge in [0.2, 0.25) is 0 Å². The largest absolute Gasteiger partial charge is 0.480 e. The molecule has 2 aromatic carbocycles. The predicted octanol–water partition coefficient (Wildman–Crippen LogP) is 4.53. The number of hydrogen-bond acceptors (Lipinski definition) is 2. The molecule has 2 atom stereocenters. The van der Waals surface area contributed by atoms with Crippen molar-refractivity contribution in [2.45, 2.75) is 18.4 Å². The summed E-state index contributed by atoms with van der Waals surface area (Å²) in [6, 6.07) is 8.60. The van der Waals surface area contributed by atoms with Crippen molar-refractivity contribution in [1.82, 2.24) is 0 Å². The van der Waals surface area contributed by atoms with Crippen LogP contribution in [0.2, 0.25) is 10.0 Å². The van der Waals surface area contributed by atoms with E-state index in [2.05, 4.69) is 5.32 Å². The van der Waals surface area contributed by atoms with Gasteiger partial charge in [-0.1, -0.05) is 35.3 Å². The number of hydrogen-bond donors (Lipinski definition) is 2. The minimum absolute atomic E-state index is 0.285. The van der Waals surface area contributed by atoms with Crippen molar-refractivity contribution >= 4 is 34.9 Å². The minimum atomic E-state index is -0.969. The van der Waals surface area contributed by atoms with Gasteiger partial charge in [0, 0.05) is 27.2 Å². The van der Waals surface area contributed by atoms with Crippen molar-refractivity contribution in [3.8, 4) is 0 Å². The molecule has 22 heavy (non-hydrogen) atoms. The van der Waals surface area contributed by atoms with Gasteiger partial charge in [-0.05, 0) is 36.2 Å². The number of halogens is 3. The van der Waals surface area contributed by atoms with Gasteiger partial charge in [-0.25, -0.2) is 9.18 Å². The lowest BCUT2D eigenvalue weighted by Gasteiger charge is -2.32. The smallest absolute Gasteiger partial charge is 0.326 e. The molecule has 0 saturated carbocycles. The van der Waals surface area contributed by atoms with Crippen molar-refractivity contribution < 1.29 is 14.3 Å². The van der Waals surface area contributed by atoms with Gasteiger partial charge in [0.05, 0.1) is 0 Å². The van der Waals surface area contributed by atoms with Crippen LogP contribution >= 0.6 is 23.2 Å². The lowest BCUT2D eigenvalue weighted by atomic mass is 9.82. The number of carboxylic acid groups (broad SMARTS) is 1. The van der Waals surface area contributed by atoms with Crippen molar-refractivity contribution in [3.63, 3.8) is 0 Å². The lowest BCUT2D eigenvalue weighted by molar-refractivity contribution is -0.138. The molecule has 2 N–H and O–H groups in total. The number of carbonyl (C=O) groups is 1. The Kier molecular flexibility index (Phi) is 3.98. The molecular weight excluding hydrogens is 328 g/mol. The summed E-state index contributed by atoms with van der Waals surface area (Å²) in [4.78, 5) is 11.4. The molecule has 0 fully saturated rings. The van der Waals surface area contributed by atoms with E-state index >= 15 is 0 Å². The number of carboxylic acids is 1. The quantitative estimate of drug-likeness (QED) is 0.844. The molecule has 2 unspecified atom stereocenters. The molecule has 0 aliphatic carbocycles. The molecule has 0 aromatic heterocycles. The third-order valence-corrected chi connectivity index (χ3v) is 4.32. The first-order chi connectivity index (χ1) is 10.5. The fraction of sp³-hybridized carbons (Fsp3) is 0.188. The fourth-order valence-electron chi connectivity index (χ4n) is 2.85. The van der Waals surface area contributed by atoms with Gasteiger partial charge in [-0.3, -0.25) is 0 Å². The SMILES string of the molecule is O=C(O)C1CC(c2cccc(F)c2)c2c(Cl)cc(Cl)cc2N1. The molecule has 3 nitrogen and oxygen atoms in total. The van der Waals surface area contributed by atoms with Crippen molar-refractivity contribution in [3.05, 3.63) is 63.4 Å². The summed E-state index contributed by atoms with van der Waals surface area (Å²) in [5, 5.41) is 13.1. The summed E-state index contributed by atoms with van der Waals surface area (Å²) in [6.45, 7) is 0. The second-order valence-electron chi connectivity index (χ2n) is 5.23. The molecule has 0 saturated heterocycles. The Morgan fingerprint density at radius 2 is 2.05 bits per heavy atom. The number of aliphatic carboxylic acids is 1. The maximum atomic E-state index is 13.5. The highest BCUT2D eigenvalue weighted by Gasteiger charge is 2.33. The summed E-state index contributed by atoms with van der Waals surface area (Å²) in [6.07, 6.45) is 0.285. The highest BCUT2D eigenvalue weighted by Crippen LogP contribution is 2.44. The van der Waals surface area contributed by atoms with Gasteiger partial charge < -0.3 is 10.4 Å². The van der Waals surface area contributed by atoms with Crippen LogP contribution in [0.15, 0.2) is 36.4 Å². The van der Waals surface area contributed by atoms with Gasteiger partial charge in [-0.2, -0.15) is 0 Å². The molecule has 1 aliphatic rings. The maximum absolute atomic E-state index is 13.5. The number of fused-ring (bicyclic) bond motifs is 1. The summed E-state index contributed by atoms with van der Waals surface area (Å²) >= 11 is 12.3. The molecule has 0 bridgehead atoms.